The number of nitrogens with one attached hydrogen (secondary N) is 2. The van der Waals surface area contributed by atoms with Crippen molar-refractivity contribution in [1.29, 1.82) is 0 Å². The summed E-state index contributed by atoms with van der Waals surface area (Å²) >= 11 is 1.71. The molecule has 0 aliphatic heterocycles. The molecule has 0 aliphatic carbocycles. The van der Waals surface area contributed by atoms with Gasteiger partial charge in [-0.15, -0.1) is 0 Å². The summed E-state index contributed by atoms with van der Waals surface area (Å²) in [5.74, 6) is 0.180. The van der Waals surface area contributed by atoms with E-state index in [1.807, 2.05) is 6.26 Å². The zero-order chi connectivity index (χ0) is 15.2. The number of hydrogen-bond donors (Lipinski definition) is 2. The van der Waals surface area contributed by atoms with Crippen molar-refractivity contribution in [3.05, 3.63) is 11.8 Å². The minimum Gasteiger partial charge on any atom is -0.370 e. The second-order valence-corrected chi connectivity index (χ2v) is 5.53. The quantitative estimate of drug-likeness (QED) is 0.807. The van der Waals surface area contributed by atoms with Crippen LogP contribution in [0.4, 0.5) is 24.9 Å². The lowest BCUT2D eigenvalue weighted by Crippen LogP contribution is -2.15. The molecule has 0 radical (unpaired) electrons. The van der Waals surface area contributed by atoms with Crippen molar-refractivity contribution in [2.24, 2.45) is 0 Å². The molecule has 0 saturated heterocycles. The van der Waals surface area contributed by atoms with Crippen molar-refractivity contribution in [2.45, 2.75) is 31.7 Å². The Morgan fingerprint density at radius 2 is 2.00 bits per heavy atom. The molecule has 114 valence electrons. The minimum atomic E-state index is -4.48. The summed E-state index contributed by atoms with van der Waals surface area (Å²) in [6.07, 6.45) is -1.63. The number of aromatic nitrogens is 2. The molecule has 1 unspecified atom stereocenters. The molecule has 0 aliphatic rings. The van der Waals surface area contributed by atoms with Gasteiger partial charge in [0.1, 0.15) is 5.82 Å². The highest BCUT2D eigenvalue weighted by Gasteiger charge is 2.33. The number of anilines is 2. The van der Waals surface area contributed by atoms with Gasteiger partial charge in [0.05, 0.1) is 0 Å². The van der Waals surface area contributed by atoms with Gasteiger partial charge in [-0.1, -0.05) is 6.92 Å². The smallest absolute Gasteiger partial charge is 0.370 e. The lowest BCUT2D eigenvalue weighted by molar-refractivity contribution is -0.141. The Bertz CT molecular complexity index is 426. The van der Waals surface area contributed by atoms with Crippen LogP contribution < -0.4 is 10.6 Å². The highest BCUT2D eigenvalue weighted by molar-refractivity contribution is 7.99. The second kappa shape index (κ2) is 7.56. The van der Waals surface area contributed by atoms with Crippen molar-refractivity contribution in [3.63, 3.8) is 0 Å². The molecule has 0 fully saturated rings. The third-order valence-electron chi connectivity index (χ3n) is 2.61. The van der Waals surface area contributed by atoms with Gasteiger partial charge in [-0.2, -0.15) is 29.9 Å². The van der Waals surface area contributed by atoms with Gasteiger partial charge in [-0.05, 0) is 19.6 Å². The normalized spacial score (nSPS) is 13.1. The minimum absolute atomic E-state index is 0.0114. The summed E-state index contributed by atoms with van der Waals surface area (Å²) in [5, 5.41) is 6.07. The molecule has 1 aromatic heterocycles. The highest BCUT2D eigenvalue weighted by atomic mass is 32.2. The maximum atomic E-state index is 12.7. The van der Waals surface area contributed by atoms with Crippen molar-refractivity contribution in [2.75, 3.05) is 30.0 Å². The fourth-order valence-electron chi connectivity index (χ4n) is 1.44. The Morgan fingerprint density at radius 3 is 2.55 bits per heavy atom. The van der Waals surface area contributed by atoms with Gasteiger partial charge in [-0.25, -0.2) is 4.98 Å². The fourth-order valence-corrected chi connectivity index (χ4v) is 1.80. The molecule has 0 bridgehead atoms. The van der Waals surface area contributed by atoms with Crippen LogP contribution in [-0.2, 0) is 6.18 Å². The van der Waals surface area contributed by atoms with Crippen molar-refractivity contribution >= 4 is 23.5 Å². The van der Waals surface area contributed by atoms with Gasteiger partial charge in [0.25, 0.3) is 0 Å². The van der Waals surface area contributed by atoms with Gasteiger partial charge in [0.2, 0.25) is 5.95 Å². The molecule has 1 rings (SSSR count). The molecule has 1 aromatic rings. The predicted octanol–water partition coefficient (Wildman–Crippen LogP) is 3.48. The first kappa shape index (κ1) is 16.9. The summed E-state index contributed by atoms with van der Waals surface area (Å²) < 4.78 is 38.2. The zero-order valence-corrected chi connectivity index (χ0v) is 12.5. The lowest BCUT2D eigenvalue weighted by atomic mass is 10.3. The second-order valence-electron chi connectivity index (χ2n) is 4.25. The molecule has 0 saturated carbocycles. The Balaban J connectivity index is 2.81. The predicted molar refractivity (Wildman–Crippen MR) is 77.3 cm³/mol. The van der Waals surface area contributed by atoms with Crippen LogP contribution in [0.15, 0.2) is 6.07 Å². The van der Waals surface area contributed by atoms with E-state index in [0.29, 0.717) is 18.3 Å². The molecular weight excluding hydrogens is 289 g/mol. The summed E-state index contributed by atoms with van der Waals surface area (Å²) in [7, 11) is 0. The Morgan fingerprint density at radius 1 is 1.30 bits per heavy atom. The first-order valence-corrected chi connectivity index (χ1v) is 7.62. The van der Waals surface area contributed by atoms with E-state index in [1.54, 1.807) is 18.7 Å². The average molecular weight is 308 g/mol. The van der Waals surface area contributed by atoms with E-state index in [4.69, 9.17) is 0 Å². The van der Waals surface area contributed by atoms with E-state index in [9.17, 15) is 13.2 Å². The maximum absolute atomic E-state index is 12.7. The number of alkyl halides is 3. The van der Waals surface area contributed by atoms with Gasteiger partial charge in [-0.3, -0.25) is 0 Å². The Hall–Kier alpha value is -1.18. The molecule has 1 atom stereocenters. The summed E-state index contributed by atoms with van der Waals surface area (Å²) in [6, 6.07) is 0.935. The SMILES string of the molecule is CCNc1nc(NCCC(C)SC)cc(C(F)(F)F)n1. The van der Waals surface area contributed by atoms with E-state index in [0.717, 1.165) is 12.5 Å². The number of nitrogens with zero attached hydrogens (tertiary/aromatic N) is 2. The molecule has 20 heavy (non-hydrogen) atoms. The van der Waals surface area contributed by atoms with Gasteiger partial charge in [0.15, 0.2) is 5.69 Å². The largest absolute Gasteiger partial charge is 0.433 e. The molecule has 0 aromatic carbocycles. The van der Waals surface area contributed by atoms with Crippen LogP contribution in [0.5, 0.6) is 0 Å². The summed E-state index contributed by atoms with van der Waals surface area (Å²) in [5.41, 5.74) is -0.941. The van der Waals surface area contributed by atoms with Crippen LogP contribution >= 0.6 is 11.8 Å². The van der Waals surface area contributed by atoms with Crippen LogP contribution in [0.25, 0.3) is 0 Å². The van der Waals surface area contributed by atoms with Crippen LogP contribution in [0.1, 0.15) is 26.0 Å². The van der Waals surface area contributed by atoms with Gasteiger partial charge in [0, 0.05) is 24.4 Å². The summed E-state index contributed by atoms with van der Waals surface area (Å²) in [6.45, 7) is 4.88. The van der Waals surface area contributed by atoms with Crippen LogP contribution in [0.2, 0.25) is 0 Å². The highest BCUT2D eigenvalue weighted by Crippen LogP contribution is 2.29. The molecule has 0 spiro atoms. The van der Waals surface area contributed by atoms with Crippen LogP contribution in [0, 0.1) is 0 Å². The fraction of sp³-hybridized carbons (Fsp3) is 0.667. The first-order chi connectivity index (χ1) is 9.36. The van der Waals surface area contributed by atoms with E-state index >= 15 is 0 Å². The zero-order valence-electron chi connectivity index (χ0n) is 11.7. The third-order valence-corrected chi connectivity index (χ3v) is 3.65. The van der Waals surface area contributed by atoms with Crippen molar-refractivity contribution in [1.82, 2.24) is 9.97 Å². The number of hydrogen-bond acceptors (Lipinski definition) is 5. The topological polar surface area (TPSA) is 49.8 Å². The van der Waals surface area contributed by atoms with E-state index in [1.165, 1.54) is 0 Å². The first-order valence-electron chi connectivity index (χ1n) is 6.33. The lowest BCUT2D eigenvalue weighted by Gasteiger charge is -2.13. The average Bonchev–Trinajstić information content (AvgIpc) is 2.37. The monoisotopic (exact) mass is 308 g/mol. The van der Waals surface area contributed by atoms with E-state index < -0.39 is 11.9 Å². The van der Waals surface area contributed by atoms with Crippen molar-refractivity contribution < 1.29 is 13.2 Å². The Labute approximate surface area is 121 Å². The Kier molecular flexibility index (Phi) is 6.38. The maximum Gasteiger partial charge on any atom is 0.433 e. The third kappa shape index (κ3) is 5.44. The van der Waals surface area contributed by atoms with Gasteiger partial charge < -0.3 is 10.6 Å². The van der Waals surface area contributed by atoms with E-state index in [-0.39, 0.29) is 11.8 Å². The standard InChI is InChI=1S/C12H19F3N4S/c1-4-16-11-18-9(12(13,14)15)7-10(19-11)17-6-5-8(2)20-3/h7-8H,4-6H2,1-3H3,(H2,16,17,18,19). The molecule has 4 nitrogen and oxygen atoms in total. The van der Waals surface area contributed by atoms with Crippen LogP contribution in [-0.4, -0.2) is 34.6 Å². The van der Waals surface area contributed by atoms with E-state index in [2.05, 4.69) is 27.5 Å². The molecule has 1 heterocycles. The number of rotatable bonds is 7. The molecule has 0 amide bonds. The van der Waals surface area contributed by atoms with Crippen molar-refractivity contribution in [3.8, 4) is 0 Å². The number of thioether (sulfide) groups is 1. The molecular formula is C12H19F3N4S. The molecule has 8 heteroatoms. The van der Waals surface area contributed by atoms with Crippen LogP contribution in [0.3, 0.4) is 0 Å². The summed E-state index contributed by atoms with van der Waals surface area (Å²) in [4.78, 5) is 7.48. The number of halogens is 3. The van der Waals surface area contributed by atoms with Gasteiger partial charge >= 0.3 is 6.18 Å². The molecule has 2 N–H and O–H groups in total.